The lowest BCUT2D eigenvalue weighted by molar-refractivity contribution is 0.108. The Morgan fingerprint density at radius 2 is 2.17 bits per heavy atom. The predicted molar refractivity (Wildman–Crippen MR) is 103 cm³/mol. The van der Waals surface area contributed by atoms with E-state index in [-0.39, 0.29) is 23.8 Å². The Morgan fingerprint density at radius 1 is 1.33 bits per heavy atom. The molecule has 2 aromatic heterocycles. The number of anilines is 2. The molecule has 156 valence electrons. The lowest BCUT2D eigenvalue weighted by atomic mass is 10.1. The summed E-state index contributed by atoms with van der Waals surface area (Å²) in [5.74, 6) is 0.0807. The van der Waals surface area contributed by atoms with Crippen molar-refractivity contribution in [1.29, 1.82) is 0 Å². The molecule has 0 saturated carbocycles. The highest BCUT2D eigenvalue weighted by Gasteiger charge is 2.29. The van der Waals surface area contributed by atoms with E-state index in [9.17, 15) is 13.6 Å². The van der Waals surface area contributed by atoms with Gasteiger partial charge in [-0.15, -0.1) is 5.10 Å². The Morgan fingerprint density at radius 3 is 2.90 bits per heavy atom. The van der Waals surface area contributed by atoms with E-state index in [0.717, 1.165) is 11.1 Å². The van der Waals surface area contributed by atoms with E-state index in [2.05, 4.69) is 30.9 Å². The fourth-order valence-corrected chi connectivity index (χ4v) is 3.14. The number of alkyl halides is 2. The largest absolute Gasteiger partial charge is 0.442 e. The van der Waals surface area contributed by atoms with Gasteiger partial charge >= 0.3 is 6.09 Å². The zero-order valence-electron chi connectivity index (χ0n) is 16.2. The molecular weight excluding hydrogens is 396 g/mol. The zero-order valence-corrected chi connectivity index (χ0v) is 16.2. The number of nitrogens with zero attached hydrogens (tertiary/aromatic N) is 5. The normalized spacial score (nSPS) is 17.0. The number of aryl methyl sites for hydroxylation is 1. The Hall–Kier alpha value is -3.63. The lowest BCUT2D eigenvalue weighted by Crippen LogP contribution is -2.25. The number of carbonyl (C=O) groups excluding carboxylic acids is 1. The highest BCUT2D eigenvalue weighted by molar-refractivity contribution is 5.69. The Kier molecular flexibility index (Phi) is 5.25. The second-order valence-corrected chi connectivity index (χ2v) is 6.97. The van der Waals surface area contributed by atoms with Crippen LogP contribution < -0.4 is 10.6 Å². The third kappa shape index (κ3) is 4.19. The summed E-state index contributed by atoms with van der Waals surface area (Å²) in [5.41, 5.74) is 2.61. The molecule has 0 aliphatic carbocycles. The first-order valence-corrected chi connectivity index (χ1v) is 9.25. The van der Waals surface area contributed by atoms with Crippen molar-refractivity contribution in [2.45, 2.75) is 32.4 Å². The van der Waals surface area contributed by atoms with Crippen LogP contribution in [-0.2, 0) is 4.74 Å². The maximum absolute atomic E-state index is 12.9. The molecular formula is C19H19F2N7O2. The smallest absolute Gasteiger partial charge is 0.407 e. The van der Waals surface area contributed by atoms with Gasteiger partial charge in [0.2, 0.25) is 5.95 Å². The van der Waals surface area contributed by atoms with Crippen LogP contribution in [0.2, 0.25) is 0 Å². The fraction of sp³-hybridized carbons (Fsp3) is 0.316. The fourth-order valence-electron chi connectivity index (χ4n) is 3.14. The van der Waals surface area contributed by atoms with Crippen LogP contribution in [0.3, 0.4) is 0 Å². The average Bonchev–Trinajstić information content (AvgIpc) is 3.36. The van der Waals surface area contributed by atoms with Gasteiger partial charge in [0.25, 0.3) is 6.43 Å². The van der Waals surface area contributed by atoms with Gasteiger partial charge in [-0.05, 0) is 43.7 Å². The van der Waals surface area contributed by atoms with E-state index in [4.69, 9.17) is 4.74 Å². The second-order valence-electron chi connectivity index (χ2n) is 6.97. The van der Waals surface area contributed by atoms with Crippen LogP contribution >= 0.6 is 0 Å². The number of hydrogen-bond acceptors (Lipinski definition) is 7. The van der Waals surface area contributed by atoms with Gasteiger partial charge < -0.3 is 15.4 Å². The summed E-state index contributed by atoms with van der Waals surface area (Å²) in [6, 6.07) is 6.56. The van der Waals surface area contributed by atoms with Crippen molar-refractivity contribution >= 4 is 17.7 Å². The number of ether oxygens (including phenoxy) is 1. The number of halogens is 2. The summed E-state index contributed by atoms with van der Waals surface area (Å²) in [5, 5.41) is 13.9. The molecule has 1 saturated heterocycles. The summed E-state index contributed by atoms with van der Waals surface area (Å²) < 4.78 is 32.6. The number of hydrogen-bond donors (Lipinski definition) is 2. The maximum Gasteiger partial charge on any atom is 0.407 e. The van der Waals surface area contributed by atoms with E-state index in [1.165, 1.54) is 12.3 Å². The summed E-state index contributed by atoms with van der Waals surface area (Å²) in [7, 11) is 0. The summed E-state index contributed by atoms with van der Waals surface area (Å²) in [6.07, 6.45) is -0.400. The molecule has 2 atom stereocenters. The maximum atomic E-state index is 12.9. The number of nitrogens with one attached hydrogen (secondary N) is 2. The molecule has 2 N–H and O–H groups in total. The van der Waals surface area contributed by atoms with Crippen molar-refractivity contribution < 1.29 is 18.3 Å². The van der Waals surface area contributed by atoms with Gasteiger partial charge in [-0.2, -0.15) is 0 Å². The third-order valence-corrected chi connectivity index (χ3v) is 4.70. The average molecular weight is 415 g/mol. The molecule has 0 radical (unpaired) electrons. The lowest BCUT2D eigenvalue weighted by Gasteiger charge is -2.16. The topological polar surface area (TPSA) is 107 Å². The second kappa shape index (κ2) is 8.01. The Labute approximate surface area is 170 Å². The minimum absolute atomic E-state index is 0.0807. The minimum Gasteiger partial charge on any atom is -0.442 e. The van der Waals surface area contributed by atoms with Crippen molar-refractivity contribution in [2.75, 3.05) is 11.9 Å². The first-order valence-electron chi connectivity index (χ1n) is 9.25. The first-order chi connectivity index (χ1) is 14.4. The van der Waals surface area contributed by atoms with Crippen LogP contribution in [-0.4, -0.2) is 43.7 Å². The van der Waals surface area contributed by atoms with E-state index in [0.29, 0.717) is 17.9 Å². The molecule has 1 fully saturated rings. The molecule has 1 amide bonds. The van der Waals surface area contributed by atoms with Gasteiger partial charge in [0.15, 0.2) is 0 Å². The molecule has 1 aliphatic rings. The van der Waals surface area contributed by atoms with Crippen LogP contribution in [0, 0.1) is 6.92 Å². The highest BCUT2D eigenvalue weighted by atomic mass is 19.3. The Balaban J connectivity index is 1.56. The summed E-state index contributed by atoms with van der Waals surface area (Å²) in [6.45, 7) is 4.20. The molecule has 11 heteroatoms. The number of amides is 1. The van der Waals surface area contributed by atoms with Crippen LogP contribution in [0.25, 0.3) is 11.3 Å². The number of cyclic esters (lactones) is 1. The third-order valence-electron chi connectivity index (χ3n) is 4.70. The van der Waals surface area contributed by atoms with Crippen LogP contribution in [0.15, 0.2) is 36.7 Å². The standard InChI is InChI=1S/C19H19F2N7O2/c1-10-5-12(7-13(6-10)24-18-22-4-3-14(25-18)17(20)21)15-9-28(27-26-15)11(2)16-8-23-19(29)30-16/h3-7,9,11,16-17H,8H2,1-2H3,(H,23,29)(H,22,24,25). The van der Waals surface area contributed by atoms with Crippen molar-refractivity contribution in [1.82, 2.24) is 30.3 Å². The minimum atomic E-state index is -2.67. The van der Waals surface area contributed by atoms with Crippen LogP contribution in [0.4, 0.5) is 25.2 Å². The van der Waals surface area contributed by atoms with Gasteiger partial charge in [-0.1, -0.05) is 5.21 Å². The molecule has 30 heavy (non-hydrogen) atoms. The predicted octanol–water partition coefficient (Wildman–Crippen LogP) is 3.39. The van der Waals surface area contributed by atoms with E-state index in [1.54, 1.807) is 10.9 Å². The van der Waals surface area contributed by atoms with Crippen molar-refractivity contribution in [3.63, 3.8) is 0 Å². The van der Waals surface area contributed by atoms with Gasteiger partial charge in [0.05, 0.1) is 18.8 Å². The SMILES string of the molecule is Cc1cc(Nc2nccc(C(F)F)n2)cc(-c2cn(C(C)C3CNC(=O)O3)nn2)c1. The van der Waals surface area contributed by atoms with E-state index < -0.39 is 12.5 Å². The quantitative estimate of drug-likeness (QED) is 0.635. The highest BCUT2D eigenvalue weighted by Crippen LogP contribution is 2.26. The van der Waals surface area contributed by atoms with Gasteiger partial charge in [0, 0.05) is 17.4 Å². The molecule has 1 aliphatic heterocycles. The molecule has 9 nitrogen and oxygen atoms in total. The van der Waals surface area contributed by atoms with Crippen molar-refractivity contribution in [3.8, 4) is 11.3 Å². The molecule has 3 aromatic rings. The van der Waals surface area contributed by atoms with Crippen molar-refractivity contribution in [3.05, 3.63) is 47.9 Å². The molecule has 2 unspecified atom stereocenters. The molecule has 0 spiro atoms. The molecule has 1 aromatic carbocycles. The Bertz CT molecular complexity index is 1070. The number of carbonyl (C=O) groups is 1. The van der Waals surface area contributed by atoms with Crippen LogP contribution in [0.1, 0.15) is 30.6 Å². The number of rotatable bonds is 6. The van der Waals surface area contributed by atoms with Gasteiger partial charge in [0.1, 0.15) is 17.5 Å². The number of aromatic nitrogens is 5. The summed E-state index contributed by atoms with van der Waals surface area (Å²) >= 11 is 0. The van der Waals surface area contributed by atoms with Gasteiger partial charge in [-0.3, -0.25) is 0 Å². The molecule has 0 bridgehead atoms. The number of benzene rings is 1. The van der Waals surface area contributed by atoms with E-state index in [1.807, 2.05) is 32.0 Å². The summed E-state index contributed by atoms with van der Waals surface area (Å²) in [4.78, 5) is 19.1. The van der Waals surface area contributed by atoms with Crippen molar-refractivity contribution in [2.24, 2.45) is 0 Å². The monoisotopic (exact) mass is 415 g/mol. The zero-order chi connectivity index (χ0) is 21.3. The first kappa shape index (κ1) is 19.7. The number of alkyl carbamates (subject to hydrolysis) is 1. The van der Waals surface area contributed by atoms with Crippen LogP contribution in [0.5, 0.6) is 0 Å². The van der Waals surface area contributed by atoms with E-state index >= 15 is 0 Å². The molecule has 4 rings (SSSR count). The molecule has 3 heterocycles. The van der Waals surface area contributed by atoms with Gasteiger partial charge in [-0.25, -0.2) is 28.2 Å².